The first-order chi connectivity index (χ1) is 9.20. The summed E-state index contributed by atoms with van der Waals surface area (Å²) < 4.78 is 0. The van der Waals surface area contributed by atoms with Crippen molar-refractivity contribution >= 4 is 17.3 Å². The number of benzene rings is 2. The molecule has 2 aromatic carbocycles. The number of halogens is 1. The van der Waals surface area contributed by atoms with Crippen molar-refractivity contribution in [2.45, 2.75) is 31.7 Å². The molecule has 0 amide bonds. The van der Waals surface area contributed by atoms with Gasteiger partial charge in [0.25, 0.3) is 0 Å². The molecular weight excluding hydrogens is 254 g/mol. The van der Waals surface area contributed by atoms with E-state index in [0.717, 1.165) is 10.7 Å². The summed E-state index contributed by atoms with van der Waals surface area (Å²) >= 11 is 5.99. The van der Waals surface area contributed by atoms with E-state index >= 15 is 0 Å². The zero-order valence-corrected chi connectivity index (χ0v) is 11.8. The molecule has 1 aliphatic carbocycles. The van der Waals surface area contributed by atoms with Gasteiger partial charge in [-0.1, -0.05) is 47.5 Å². The minimum Gasteiger partial charge on any atom is -0.382 e. The molecule has 1 N–H and O–H groups in total. The van der Waals surface area contributed by atoms with E-state index in [0.29, 0.717) is 12.0 Å². The molecule has 1 aliphatic rings. The predicted molar refractivity (Wildman–Crippen MR) is 82.0 cm³/mol. The summed E-state index contributed by atoms with van der Waals surface area (Å²) in [6.07, 6.45) is 2.41. The Morgan fingerprint density at radius 1 is 1.05 bits per heavy atom. The standard InChI is InChI=1S/C17H18ClN/c1-12-4-2-5-13(8-12)14-9-17(10-14)19-16-7-3-6-15(18)11-16/h2-8,11,14,17,19H,9-10H2,1H3. The van der Waals surface area contributed by atoms with Crippen molar-refractivity contribution in [2.75, 3.05) is 5.32 Å². The number of hydrogen-bond donors (Lipinski definition) is 1. The molecule has 0 unspecified atom stereocenters. The number of anilines is 1. The van der Waals surface area contributed by atoms with Crippen LogP contribution in [0.1, 0.15) is 29.9 Å². The lowest BCUT2D eigenvalue weighted by Gasteiger charge is -2.37. The molecule has 0 heterocycles. The Morgan fingerprint density at radius 2 is 1.84 bits per heavy atom. The van der Waals surface area contributed by atoms with Crippen LogP contribution >= 0.6 is 11.6 Å². The molecule has 0 radical (unpaired) electrons. The molecule has 19 heavy (non-hydrogen) atoms. The monoisotopic (exact) mass is 271 g/mol. The van der Waals surface area contributed by atoms with Gasteiger partial charge in [-0.05, 0) is 49.4 Å². The third kappa shape index (κ3) is 2.93. The molecule has 2 heteroatoms. The average Bonchev–Trinajstić information content (AvgIpc) is 2.33. The second-order valence-electron chi connectivity index (χ2n) is 5.43. The third-order valence-electron chi connectivity index (χ3n) is 3.85. The summed E-state index contributed by atoms with van der Waals surface area (Å²) in [6, 6.07) is 17.4. The van der Waals surface area contributed by atoms with Crippen LogP contribution in [0.25, 0.3) is 0 Å². The zero-order valence-electron chi connectivity index (χ0n) is 11.1. The first-order valence-corrected chi connectivity index (χ1v) is 7.17. The van der Waals surface area contributed by atoms with Crippen LogP contribution in [0.2, 0.25) is 5.02 Å². The van der Waals surface area contributed by atoms with E-state index in [9.17, 15) is 0 Å². The molecule has 3 rings (SSSR count). The summed E-state index contributed by atoms with van der Waals surface area (Å²) in [5.74, 6) is 0.705. The molecule has 1 fully saturated rings. The Morgan fingerprint density at radius 3 is 2.58 bits per heavy atom. The Kier molecular flexibility index (Phi) is 3.48. The minimum absolute atomic E-state index is 0.573. The Labute approximate surface area is 119 Å². The number of rotatable bonds is 3. The van der Waals surface area contributed by atoms with Crippen LogP contribution < -0.4 is 5.32 Å². The molecule has 0 aromatic heterocycles. The highest BCUT2D eigenvalue weighted by molar-refractivity contribution is 6.30. The summed E-state index contributed by atoms with van der Waals surface area (Å²) in [4.78, 5) is 0. The van der Waals surface area contributed by atoms with Crippen molar-refractivity contribution in [3.63, 3.8) is 0 Å². The molecule has 0 spiro atoms. The van der Waals surface area contributed by atoms with Gasteiger partial charge >= 0.3 is 0 Å². The van der Waals surface area contributed by atoms with E-state index in [1.54, 1.807) is 0 Å². The molecule has 0 bridgehead atoms. The van der Waals surface area contributed by atoms with Gasteiger partial charge in [-0.2, -0.15) is 0 Å². The van der Waals surface area contributed by atoms with Gasteiger partial charge in [0.05, 0.1) is 0 Å². The Hall–Kier alpha value is -1.47. The molecule has 0 atom stereocenters. The molecule has 98 valence electrons. The molecular formula is C17H18ClN. The fraction of sp³-hybridized carbons (Fsp3) is 0.294. The van der Waals surface area contributed by atoms with Crippen molar-refractivity contribution in [1.29, 1.82) is 0 Å². The van der Waals surface area contributed by atoms with Crippen LogP contribution in [-0.2, 0) is 0 Å². The van der Waals surface area contributed by atoms with Gasteiger partial charge in [0, 0.05) is 16.8 Å². The highest BCUT2D eigenvalue weighted by atomic mass is 35.5. The number of hydrogen-bond acceptors (Lipinski definition) is 1. The zero-order chi connectivity index (χ0) is 13.2. The number of aryl methyl sites for hydroxylation is 1. The van der Waals surface area contributed by atoms with E-state index in [1.165, 1.54) is 24.0 Å². The lowest BCUT2D eigenvalue weighted by molar-refractivity contribution is 0.374. The summed E-state index contributed by atoms with van der Waals surface area (Å²) in [7, 11) is 0. The third-order valence-corrected chi connectivity index (χ3v) is 4.08. The predicted octanol–water partition coefficient (Wildman–Crippen LogP) is 5.01. The maximum absolute atomic E-state index is 5.99. The van der Waals surface area contributed by atoms with Crippen molar-refractivity contribution in [3.05, 3.63) is 64.7 Å². The van der Waals surface area contributed by atoms with Crippen LogP contribution in [0.5, 0.6) is 0 Å². The van der Waals surface area contributed by atoms with Gasteiger partial charge in [0.2, 0.25) is 0 Å². The lowest BCUT2D eigenvalue weighted by atomic mass is 9.75. The first-order valence-electron chi connectivity index (χ1n) is 6.79. The SMILES string of the molecule is Cc1cccc(C2CC(Nc3cccc(Cl)c3)C2)c1. The summed E-state index contributed by atoms with van der Waals surface area (Å²) in [5, 5.41) is 4.34. The van der Waals surface area contributed by atoms with E-state index in [1.807, 2.05) is 18.2 Å². The fourth-order valence-electron chi connectivity index (χ4n) is 2.75. The Bertz CT molecular complexity index is 573. The van der Waals surface area contributed by atoms with Crippen molar-refractivity contribution in [2.24, 2.45) is 0 Å². The van der Waals surface area contributed by atoms with Crippen LogP contribution in [0, 0.1) is 6.92 Å². The smallest absolute Gasteiger partial charge is 0.0426 e. The van der Waals surface area contributed by atoms with Crippen LogP contribution in [0.4, 0.5) is 5.69 Å². The van der Waals surface area contributed by atoms with Crippen molar-refractivity contribution in [3.8, 4) is 0 Å². The maximum atomic E-state index is 5.99. The number of nitrogens with one attached hydrogen (secondary N) is 1. The highest BCUT2D eigenvalue weighted by Crippen LogP contribution is 2.38. The average molecular weight is 272 g/mol. The van der Waals surface area contributed by atoms with Crippen LogP contribution in [0.3, 0.4) is 0 Å². The van der Waals surface area contributed by atoms with E-state index in [-0.39, 0.29) is 0 Å². The Balaban J connectivity index is 1.58. The van der Waals surface area contributed by atoms with Gasteiger partial charge < -0.3 is 5.32 Å². The molecule has 1 nitrogen and oxygen atoms in total. The van der Waals surface area contributed by atoms with Gasteiger partial charge in [0.1, 0.15) is 0 Å². The maximum Gasteiger partial charge on any atom is 0.0426 e. The topological polar surface area (TPSA) is 12.0 Å². The minimum atomic E-state index is 0.573. The fourth-order valence-corrected chi connectivity index (χ4v) is 2.94. The normalized spacial score (nSPS) is 21.8. The van der Waals surface area contributed by atoms with E-state index in [4.69, 9.17) is 11.6 Å². The van der Waals surface area contributed by atoms with E-state index < -0.39 is 0 Å². The second-order valence-corrected chi connectivity index (χ2v) is 5.87. The second kappa shape index (κ2) is 5.26. The first kappa shape index (κ1) is 12.6. The molecule has 0 saturated heterocycles. The molecule has 0 aliphatic heterocycles. The quantitative estimate of drug-likeness (QED) is 0.828. The van der Waals surface area contributed by atoms with Gasteiger partial charge in [-0.15, -0.1) is 0 Å². The van der Waals surface area contributed by atoms with Crippen molar-refractivity contribution in [1.82, 2.24) is 0 Å². The highest BCUT2D eigenvalue weighted by Gasteiger charge is 2.30. The largest absolute Gasteiger partial charge is 0.382 e. The molecule has 1 saturated carbocycles. The van der Waals surface area contributed by atoms with Crippen LogP contribution in [-0.4, -0.2) is 6.04 Å². The lowest BCUT2D eigenvalue weighted by Crippen LogP contribution is -2.33. The van der Waals surface area contributed by atoms with Gasteiger partial charge in [-0.3, -0.25) is 0 Å². The van der Waals surface area contributed by atoms with E-state index in [2.05, 4.69) is 42.6 Å². The summed E-state index contributed by atoms with van der Waals surface area (Å²) in [5.41, 5.74) is 3.95. The van der Waals surface area contributed by atoms with Crippen LogP contribution in [0.15, 0.2) is 48.5 Å². The summed E-state index contributed by atoms with van der Waals surface area (Å²) in [6.45, 7) is 2.16. The molecule has 2 aromatic rings. The van der Waals surface area contributed by atoms with Gasteiger partial charge in [-0.25, -0.2) is 0 Å². The van der Waals surface area contributed by atoms with Gasteiger partial charge in [0.15, 0.2) is 0 Å². The van der Waals surface area contributed by atoms with Crippen molar-refractivity contribution < 1.29 is 0 Å².